The molecule has 0 aromatic heterocycles. The minimum absolute atomic E-state index is 0.336. The predicted molar refractivity (Wildman–Crippen MR) is 23.0 cm³/mol. The molecule has 5 heavy (non-hydrogen) atoms. The number of hydrogen-bond acceptors (Lipinski definition) is 2. The zero-order valence-electron chi connectivity index (χ0n) is 2.74. The second kappa shape index (κ2) is 4.24. The average molecular weight is 95.1 g/mol. The number of halogens is 1. The fraction of sp³-hybridized carbons (Fsp3) is 1.00. The molecule has 1 nitrogen and oxygen atoms in total. The highest BCUT2D eigenvalue weighted by Crippen LogP contribution is 1.64. The number of nitrogens with one attached hydrogen (secondary N) is 1. The minimum Gasteiger partial charge on any atom is -0.178 e. The molecule has 0 aromatic carbocycles. The van der Waals surface area contributed by atoms with Crippen molar-refractivity contribution in [2.24, 2.45) is 0 Å². The van der Waals surface area contributed by atoms with E-state index < -0.39 is 0 Å². The largest absolute Gasteiger partial charge is 0.178 e. The van der Waals surface area contributed by atoms with Crippen molar-refractivity contribution in [3.63, 3.8) is 0 Å². The lowest BCUT2D eigenvalue weighted by Crippen LogP contribution is -2.02. The number of rotatable bonds is 2. The SMILES string of the molecule is FNCCS. The highest BCUT2D eigenvalue weighted by molar-refractivity contribution is 7.80. The molecule has 0 rings (SSSR count). The average Bonchev–Trinajstić information content (AvgIpc) is 1.41. The Morgan fingerprint density at radius 3 is 2.40 bits per heavy atom. The van der Waals surface area contributed by atoms with Crippen LogP contribution < -0.4 is 5.54 Å². The van der Waals surface area contributed by atoms with E-state index in [2.05, 4.69) is 12.6 Å². The van der Waals surface area contributed by atoms with Gasteiger partial charge in [0.1, 0.15) is 0 Å². The minimum atomic E-state index is 0.336. The highest BCUT2D eigenvalue weighted by atomic mass is 32.1. The van der Waals surface area contributed by atoms with Gasteiger partial charge in [-0.3, -0.25) is 0 Å². The van der Waals surface area contributed by atoms with Crippen molar-refractivity contribution in [1.82, 2.24) is 5.54 Å². The summed E-state index contributed by atoms with van der Waals surface area (Å²) in [7, 11) is 0. The summed E-state index contributed by atoms with van der Waals surface area (Å²) in [4.78, 5) is 0. The van der Waals surface area contributed by atoms with E-state index in [0.29, 0.717) is 12.3 Å². The Labute approximate surface area is 35.9 Å². The molecule has 0 unspecified atom stereocenters. The summed E-state index contributed by atoms with van der Waals surface area (Å²) >= 11 is 3.70. The van der Waals surface area contributed by atoms with Crippen molar-refractivity contribution in [2.75, 3.05) is 12.3 Å². The Morgan fingerprint density at radius 1 is 1.80 bits per heavy atom. The molecule has 0 bridgehead atoms. The molecule has 0 aromatic rings. The van der Waals surface area contributed by atoms with Gasteiger partial charge in [-0.2, -0.15) is 18.2 Å². The molecule has 0 saturated carbocycles. The van der Waals surface area contributed by atoms with E-state index in [1.54, 1.807) is 0 Å². The van der Waals surface area contributed by atoms with Crippen molar-refractivity contribution in [3.05, 3.63) is 0 Å². The van der Waals surface area contributed by atoms with E-state index in [1.807, 2.05) is 0 Å². The quantitative estimate of drug-likeness (QED) is 0.373. The number of thiol groups is 1. The van der Waals surface area contributed by atoms with Gasteiger partial charge in [-0.05, 0) is 0 Å². The van der Waals surface area contributed by atoms with Crippen LogP contribution in [0.25, 0.3) is 0 Å². The molecule has 0 aliphatic carbocycles. The second-order valence-electron chi connectivity index (χ2n) is 0.607. The summed E-state index contributed by atoms with van der Waals surface area (Å²) in [5.41, 5.74) is 1.44. The van der Waals surface area contributed by atoms with E-state index in [9.17, 15) is 4.48 Å². The van der Waals surface area contributed by atoms with Gasteiger partial charge in [0.15, 0.2) is 0 Å². The first kappa shape index (κ1) is 5.24. The Balaban J connectivity index is 2.19. The molecule has 0 saturated heterocycles. The lowest BCUT2D eigenvalue weighted by molar-refractivity contribution is 0.348. The van der Waals surface area contributed by atoms with Gasteiger partial charge in [0.2, 0.25) is 0 Å². The summed E-state index contributed by atoms with van der Waals surface area (Å²) < 4.78 is 10.7. The maximum absolute atomic E-state index is 10.7. The van der Waals surface area contributed by atoms with Crippen molar-refractivity contribution in [3.8, 4) is 0 Å². The van der Waals surface area contributed by atoms with E-state index in [0.717, 1.165) is 0 Å². The van der Waals surface area contributed by atoms with Crippen LogP contribution in [0.15, 0.2) is 0 Å². The van der Waals surface area contributed by atoms with E-state index in [4.69, 9.17) is 0 Å². The molecule has 0 aliphatic rings. The fourth-order valence-electron chi connectivity index (χ4n) is 0.0423. The first-order valence-electron chi connectivity index (χ1n) is 1.36. The van der Waals surface area contributed by atoms with Crippen molar-refractivity contribution < 1.29 is 4.48 Å². The molecule has 0 amide bonds. The molecule has 0 aliphatic heterocycles. The molecule has 0 heterocycles. The van der Waals surface area contributed by atoms with Crippen LogP contribution in [-0.4, -0.2) is 12.3 Å². The molecular formula is C2H6FNS. The standard InChI is InChI=1S/C2H6FNS/c3-4-1-2-5/h4-5H,1-2H2. The van der Waals surface area contributed by atoms with Crippen molar-refractivity contribution in [2.45, 2.75) is 0 Å². The molecule has 0 fully saturated rings. The van der Waals surface area contributed by atoms with E-state index in [1.165, 1.54) is 5.54 Å². The first-order valence-corrected chi connectivity index (χ1v) is 1.99. The topological polar surface area (TPSA) is 12.0 Å². The Hall–Kier alpha value is 0.240. The van der Waals surface area contributed by atoms with Crippen LogP contribution in [0.5, 0.6) is 0 Å². The van der Waals surface area contributed by atoms with Crippen LogP contribution in [0, 0.1) is 0 Å². The van der Waals surface area contributed by atoms with Crippen LogP contribution >= 0.6 is 12.6 Å². The molecule has 0 radical (unpaired) electrons. The Bertz CT molecular complexity index is 17.1. The van der Waals surface area contributed by atoms with Crippen molar-refractivity contribution in [1.29, 1.82) is 0 Å². The number of hydrogen-bond donors (Lipinski definition) is 2. The predicted octanol–water partition coefficient (Wildman–Crippen LogP) is 0.390. The monoisotopic (exact) mass is 95.0 g/mol. The lowest BCUT2D eigenvalue weighted by atomic mass is 10.8. The summed E-state index contributed by atoms with van der Waals surface area (Å²) in [5, 5.41) is 0. The zero-order valence-corrected chi connectivity index (χ0v) is 3.63. The van der Waals surface area contributed by atoms with Crippen LogP contribution in [-0.2, 0) is 0 Å². The van der Waals surface area contributed by atoms with Gasteiger partial charge in [0, 0.05) is 12.3 Å². The molecular weight excluding hydrogens is 89.1 g/mol. The van der Waals surface area contributed by atoms with Crippen molar-refractivity contribution >= 4 is 12.6 Å². The maximum Gasteiger partial charge on any atom is 0.0348 e. The molecule has 32 valence electrons. The fourth-order valence-corrected chi connectivity index (χ4v) is 0.127. The molecule has 0 atom stereocenters. The lowest BCUT2D eigenvalue weighted by Gasteiger charge is -1.79. The summed E-state index contributed by atoms with van der Waals surface area (Å²) in [6.07, 6.45) is 0. The molecule has 0 spiro atoms. The second-order valence-corrected chi connectivity index (χ2v) is 1.05. The normalized spacial score (nSPS) is 8.40. The molecule has 1 N–H and O–H groups in total. The van der Waals surface area contributed by atoms with Gasteiger partial charge in [-0.25, -0.2) is 0 Å². The third-order valence-electron chi connectivity index (χ3n) is 0.206. The van der Waals surface area contributed by atoms with Gasteiger partial charge < -0.3 is 0 Å². The smallest absolute Gasteiger partial charge is 0.0348 e. The van der Waals surface area contributed by atoms with E-state index in [-0.39, 0.29) is 0 Å². The summed E-state index contributed by atoms with van der Waals surface area (Å²) in [5.74, 6) is 0.552. The van der Waals surface area contributed by atoms with Gasteiger partial charge in [0.25, 0.3) is 0 Å². The Kier molecular flexibility index (Phi) is 4.44. The first-order chi connectivity index (χ1) is 2.41. The van der Waals surface area contributed by atoms with E-state index >= 15 is 0 Å². The summed E-state index contributed by atoms with van der Waals surface area (Å²) in [6, 6.07) is 0. The van der Waals surface area contributed by atoms with Gasteiger partial charge in [-0.1, -0.05) is 0 Å². The summed E-state index contributed by atoms with van der Waals surface area (Å²) in [6.45, 7) is 0.336. The van der Waals surface area contributed by atoms with Crippen LogP contribution in [0.2, 0.25) is 0 Å². The van der Waals surface area contributed by atoms with Crippen LogP contribution in [0.4, 0.5) is 4.48 Å². The Morgan fingerprint density at radius 2 is 2.40 bits per heavy atom. The van der Waals surface area contributed by atoms with Gasteiger partial charge in [0.05, 0.1) is 0 Å². The third kappa shape index (κ3) is 4.24. The third-order valence-corrected chi connectivity index (χ3v) is 0.430. The highest BCUT2D eigenvalue weighted by Gasteiger charge is 1.69. The maximum atomic E-state index is 10.7. The van der Waals surface area contributed by atoms with Gasteiger partial charge >= 0.3 is 0 Å². The van der Waals surface area contributed by atoms with Crippen LogP contribution in [0.3, 0.4) is 0 Å². The van der Waals surface area contributed by atoms with Gasteiger partial charge in [-0.15, -0.1) is 4.48 Å². The van der Waals surface area contributed by atoms with Crippen LogP contribution in [0.1, 0.15) is 0 Å². The zero-order chi connectivity index (χ0) is 4.12. The molecule has 3 heteroatoms.